The number of benzene rings is 1. The number of rotatable bonds is 6. The molecule has 3 heterocycles. The van der Waals surface area contributed by atoms with Crippen molar-refractivity contribution in [3.63, 3.8) is 0 Å². The molecule has 1 N–H and O–H groups in total. The van der Waals surface area contributed by atoms with E-state index in [1.165, 1.54) is 18.4 Å². The van der Waals surface area contributed by atoms with Crippen molar-refractivity contribution < 1.29 is 36.7 Å². The van der Waals surface area contributed by atoms with Gasteiger partial charge in [0.05, 0.1) is 12.8 Å². The van der Waals surface area contributed by atoms with Crippen molar-refractivity contribution in [3.05, 3.63) is 48.4 Å². The van der Waals surface area contributed by atoms with Gasteiger partial charge in [0.1, 0.15) is 11.8 Å². The van der Waals surface area contributed by atoms with Gasteiger partial charge in [-0.15, -0.1) is 13.2 Å². The lowest BCUT2D eigenvalue weighted by molar-refractivity contribution is -0.274. The highest BCUT2D eigenvalue weighted by molar-refractivity contribution is 5.96. The Bertz CT molecular complexity index is 1030. The van der Waals surface area contributed by atoms with Gasteiger partial charge in [-0.2, -0.15) is 0 Å². The molecular weight excluding hydrogens is 469 g/mol. The summed E-state index contributed by atoms with van der Waals surface area (Å²) >= 11 is 0. The first kappa shape index (κ1) is 24.6. The van der Waals surface area contributed by atoms with E-state index < -0.39 is 12.4 Å². The van der Waals surface area contributed by atoms with Gasteiger partial charge in [-0.1, -0.05) is 0 Å². The number of carbonyl (C=O) groups excluding carboxylic acids is 3. The smallest absolute Gasteiger partial charge is 0.459 e. The van der Waals surface area contributed by atoms with E-state index in [0.29, 0.717) is 44.8 Å². The molecule has 3 amide bonds. The van der Waals surface area contributed by atoms with Crippen LogP contribution in [0, 0.1) is 0 Å². The lowest BCUT2D eigenvalue weighted by Crippen LogP contribution is -2.55. The average Bonchev–Trinajstić information content (AvgIpc) is 3.52. The Balaban J connectivity index is 1.24. The van der Waals surface area contributed by atoms with Gasteiger partial charge in [-0.05, 0) is 49.2 Å². The highest BCUT2D eigenvalue weighted by Gasteiger charge is 2.38. The third-order valence-corrected chi connectivity index (χ3v) is 5.95. The van der Waals surface area contributed by atoms with E-state index in [9.17, 15) is 27.6 Å². The Morgan fingerprint density at radius 2 is 1.74 bits per heavy atom. The minimum Gasteiger partial charge on any atom is -0.459 e. The summed E-state index contributed by atoms with van der Waals surface area (Å²) < 4.78 is 45.7. The molecule has 1 atom stereocenters. The molecule has 35 heavy (non-hydrogen) atoms. The highest BCUT2D eigenvalue weighted by Crippen LogP contribution is 2.25. The van der Waals surface area contributed by atoms with Crippen molar-refractivity contribution in [2.75, 3.05) is 44.6 Å². The van der Waals surface area contributed by atoms with Crippen LogP contribution in [0.4, 0.5) is 18.9 Å². The SMILES string of the molecule is O=C(CN1CCN(C(=O)[C@H]2CCCN2C(=O)c2ccco2)CC1)Nc1ccc(OC(F)(F)F)cc1. The maximum absolute atomic E-state index is 13.1. The summed E-state index contributed by atoms with van der Waals surface area (Å²) in [5.74, 6) is -0.877. The summed E-state index contributed by atoms with van der Waals surface area (Å²) in [7, 11) is 0. The van der Waals surface area contributed by atoms with Crippen LogP contribution >= 0.6 is 0 Å². The number of amides is 3. The maximum atomic E-state index is 13.1. The fraction of sp³-hybridized carbons (Fsp3) is 0.435. The number of nitrogens with zero attached hydrogens (tertiary/aromatic N) is 3. The van der Waals surface area contributed by atoms with Crippen LogP contribution in [0.25, 0.3) is 0 Å². The predicted octanol–water partition coefficient (Wildman–Crippen LogP) is 2.57. The van der Waals surface area contributed by atoms with E-state index in [1.54, 1.807) is 21.9 Å². The Morgan fingerprint density at radius 3 is 2.37 bits per heavy atom. The number of hydrogen-bond donors (Lipinski definition) is 1. The van der Waals surface area contributed by atoms with Crippen LogP contribution in [0.5, 0.6) is 5.75 Å². The zero-order valence-corrected chi connectivity index (χ0v) is 18.8. The number of carbonyl (C=O) groups is 3. The van der Waals surface area contributed by atoms with Crippen molar-refractivity contribution in [1.82, 2.24) is 14.7 Å². The number of halogens is 3. The number of piperazine rings is 1. The van der Waals surface area contributed by atoms with Gasteiger partial charge in [0.2, 0.25) is 11.8 Å². The molecule has 1 aromatic heterocycles. The molecule has 0 unspecified atom stereocenters. The topological polar surface area (TPSA) is 95.3 Å². The monoisotopic (exact) mass is 494 g/mol. The van der Waals surface area contributed by atoms with Crippen LogP contribution < -0.4 is 10.1 Å². The minimum atomic E-state index is -4.78. The molecule has 0 spiro atoms. The molecule has 0 radical (unpaired) electrons. The zero-order chi connectivity index (χ0) is 25.0. The van der Waals surface area contributed by atoms with Crippen LogP contribution in [-0.2, 0) is 9.59 Å². The summed E-state index contributed by atoms with van der Waals surface area (Å²) in [6.07, 6.45) is -2.01. The van der Waals surface area contributed by atoms with Gasteiger partial charge in [0, 0.05) is 38.4 Å². The molecular formula is C23H25F3N4O5. The molecule has 2 aliphatic heterocycles. The average molecular weight is 494 g/mol. The number of ether oxygens (including phenoxy) is 1. The van der Waals surface area contributed by atoms with Crippen LogP contribution in [0.15, 0.2) is 47.1 Å². The number of alkyl halides is 3. The van der Waals surface area contributed by atoms with Crippen LogP contribution in [0.1, 0.15) is 23.4 Å². The van der Waals surface area contributed by atoms with E-state index in [0.717, 1.165) is 18.6 Å². The first-order chi connectivity index (χ1) is 16.7. The van der Waals surface area contributed by atoms with Crippen LogP contribution in [0.3, 0.4) is 0 Å². The lowest BCUT2D eigenvalue weighted by atomic mass is 10.1. The Kier molecular flexibility index (Phi) is 7.29. The van der Waals surface area contributed by atoms with Gasteiger partial charge in [0.25, 0.3) is 5.91 Å². The van der Waals surface area contributed by atoms with Crippen molar-refractivity contribution >= 4 is 23.4 Å². The molecule has 188 valence electrons. The van der Waals surface area contributed by atoms with E-state index in [1.807, 2.05) is 4.90 Å². The molecule has 2 fully saturated rings. The van der Waals surface area contributed by atoms with Gasteiger partial charge < -0.3 is 24.3 Å². The van der Waals surface area contributed by atoms with Gasteiger partial charge >= 0.3 is 6.36 Å². The third kappa shape index (κ3) is 6.32. The van der Waals surface area contributed by atoms with Crippen LogP contribution in [0.2, 0.25) is 0 Å². The molecule has 2 aliphatic rings. The zero-order valence-electron chi connectivity index (χ0n) is 18.8. The summed E-state index contributed by atoms with van der Waals surface area (Å²) in [4.78, 5) is 43.3. The second-order valence-electron chi connectivity index (χ2n) is 8.36. The number of furan rings is 1. The first-order valence-electron chi connectivity index (χ1n) is 11.2. The van der Waals surface area contributed by atoms with Crippen molar-refractivity contribution in [3.8, 4) is 5.75 Å². The van der Waals surface area contributed by atoms with Crippen molar-refractivity contribution in [2.45, 2.75) is 25.2 Å². The molecule has 12 heteroatoms. The van der Waals surface area contributed by atoms with Gasteiger partial charge in [-0.25, -0.2) is 0 Å². The Morgan fingerprint density at radius 1 is 1.03 bits per heavy atom. The molecule has 9 nitrogen and oxygen atoms in total. The first-order valence-corrected chi connectivity index (χ1v) is 11.2. The molecule has 2 aromatic rings. The van der Waals surface area contributed by atoms with Crippen molar-refractivity contribution in [1.29, 1.82) is 0 Å². The molecule has 0 saturated carbocycles. The highest BCUT2D eigenvalue weighted by atomic mass is 19.4. The molecule has 4 rings (SSSR count). The predicted molar refractivity (Wildman–Crippen MR) is 118 cm³/mol. The summed E-state index contributed by atoms with van der Waals surface area (Å²) in [6, 6.07) is 7.59. The molecule has 0 bridgehead atoms. The van der Waals surface area contributed by atoms with E-state index in [-0.39, 0.29) is 35.8 Å². The number of nitrogens with one attached hydrogen (secondary N) is 1. The largest absolute Gasteiger partial charge is 0.573 e. The summed E-state index contributed by atoms with van der Waals surface area (Å²) in [6.45, 7) is 2.39. The minimum absolute atomic E-state index is 0.0787. The molecule has 2 saturated heterocycles. The lowest BCUT2D eigenvalue weighted by Gasteiger charge is -2.37. The van der Waals surface area contributed by atoms with E-state index >= 15 is 0 Å². The van der Waals surface area contributed by atoms with E-state index in [2.05, 4.69) is 10.1 Å². The quantitative estimate of drug-likeness (QED) is 0.664. The Labute approximate surface area is 199 Å². The second kappa shape index (κ2) is 10.4. The normalized spacial score (nSPS) is 19.0. The number of anilines is 1. The summed E-state index contributed by atoms with van der Waals surface area (Å²) in [5.41, 5.74) is 0.348. The third-order valence-electron chi connectivity index (χ3n) is 5.95. The molecule has 0 aliphatic carbocycles. The fourth-order valence-electron chi connectivity index (χ4n) is 4.29. The second-order valence-corrected chi connectivity index (χ2v) is 8.36. The van der Waals surface area contributed by atoms with Gasteiger partial charge in [-0.3, -0.25) is 19.3 Å². The maximum Gasteiger partial charge on any atom is 0.573 e. The number of likely N-dealkylation sites (tertiary alicyclic amines) is 1. The molecule has 1 aromatic carbocycles. The number of hydrogen-bond acceptors (Lipinski definition) is 6. The van der Waals surface area contributed by atoms with Crippen LogP contribution in [-0.4, -0.2) is 84.1 Å². The Hall–Kier alpha value is -3.54. The van der Waals surface area contributed by atoms with Gasteiger partial charge in [0.15, 0.2) is 5.76 Å². The van der Waals surface area contributed by atoms with E-state index in [4.69, 9.17) is 4.42 Å². The van der Waals surface area contributed by atoms with Crippen molar-refractivity contribution in [2.24, 2.45) is 0 Å². The standard InChI is InChI=1S/C23H25F3N4O5/c24-23(25,26)35-17-7-5-16(6-8-17)27-20(31)15-28-10-12-29(13-11-28)21(32)18-3-1-9-30(18)22(33)19-4-2-14-34-19/h2,4-8,14,18H,1,3,9-13,15H2,(H,27,31)/t18-/m1/s1. The fourth-order valence-corrected chi connectivity index (χ4v) is 4.29. The summed E-state index contributed by atoms with van der Waals surface area (Å²) in [5, 5.41) is 2.64.